The Hall–Kier alpha value is -2.48. The Morgan fingerprint density at radius 2 is 1.97 bits per heavy atom. The summed E-state index contributed by atoms with van der Waals surface area (Å²) in [5.41, 5.74) is 1.95. The van der Waals surface area contributed by atoms with Crippen LogP contribution < -0.4 is 15.6 Å². The Labute approximate surface area is 188 Å². The second-order valence-electron chi connectivity index (χ2n) is 6.38. The normalized spacial score (nSPS) is 10.6. The minimum Gasteiger partial charge on any atom is -0.497 e. The average molecular weight is 464 g/mol. The van der Waals surface area contributed by atoms with E-state index >= 15 is 0 Å². The zero-order valence-electron chi connectivity index (χ0n) is 16.1. The number of carbonyl (C=O) groups excluding carboxylic acids is 1. The van der Waals surface area contributed by atoms with Crippen LogP contribution >= 0.6 is 35.0 Å². The van der Waals surface area contributed by atoms with Crippen LogP contribution in [0.3, 0.4) is 0 Å². The van der Waals surface area contributed by atoms with Gasteiger partial charge in [0.05, 0.1) is 29.3 Å². The SMILES string of the molecule is COc1cccc(CNC(=O)Cc2cc(=O)[nH]c(SCc3ccc(Cl)c(Cl)c3)n2)c1. The maximum atomic E-state index is 12.3. The van der Waals surface area contributed by atoms with Crippen LogP contribution in [0.5, 0.6) is 5.75 Å². The Morgan fingerprint density at radius 1 is 1.13 bits per heavy atom. The molecule has 30 heavy (non-hydrogen) atoms. The molecule has 9 heteroatoms. The number of halogens is 2. The van der Waals surface area contributed by atoms with Crippen molar-refractivity contribution in [2.24, 2.45) is 0 Å². The van der Waals surface area contributed by atoms with Crippen molar-refractivity contribution in [3.63, 3.8) is 0 Å². The first kappa shape index (κ1) is 22.2. The molecule has 0 fully saturated rings. The fourth-order valence-electron chi connectivity index (χ4n) is 2.63. The number of benzene rings is 2. The lowest BCUT2D eigenvalue weighted by atomic mass is 10.2. The third kappa shape index (κ3) is 6.52. The summed E-state index contributed by atoms with van der Waals surface area (Å²) < 4.78 is 5.17. The van der Waals surface area contributed by atoms with Gasteiger partial charge < -0.3 is 15.0 Å². The number of aromatic nitrogens is 2. The molecule has 0 bridgehead atoms. The van der Waals surface area contributed by atoms with Gasteiger partial charge in [0, 0.05) is 18.4 Å². The van der Waals surface area contributed by atoms with Crippen LogP contribution in [-0.4, -0.2) is 23.0 Å². The van der Waals surface area contributed by atoms with Gasteiger partial charge in [-0.3, -0.25) is 9.59 Å². The smallest absolute Gasteiger partial charge is 0.251 e. The Morgan fingerprint density at radius 3 is 2.73 bits per heavy atom. The number of nitrogens with one attached hydrogen (secondary N) is 2. The standard InChI is InChI=1S/C21H19Cl2N3O3S/c1-29-16-4-2-3-13(7-16)11-24-19(27)9-15-10-20(28)26-21(25-15)30-12-14-5-6-17(22)18(23)8-14/h2-8,10H,9,11-12H2,1H3,(H,24,27)(H,25,26,28). The van der Waals surface area contributed by atoms with Gasteiger partial charge in [0.1, 0.15) is 5.75 Å². The predicted molar refractivity (Wildman–Crippen MR) is 119 cm³/mol. The van der Waals surface area contributed by atoms with E-state index in [1.54, 1.807) is 19.2 Å². The zero-order valence-corrected chi connectivity index (χ0v) is 18.4. The van der Waals surface area contributed by atoms with Gasteiger partial charge in [-0.05, 0) is 35.4 Å². The van der Waals surface area contributed by atoms with Gasteiger partial charge in [-0.25, -0.2) is 4.98 Å². The van der Waals surface area contributed by atoms with Gasteiger partial charge in [-0.15, -0.1) is 0 Å². The number of hydrogen-bond acceptors (Lipinski definition) is 5. The van der Waals surface area contributed by atoms with Gasteiger partial charge in [0.25, 0.3) is 5.56 Å². The van der Waals surface area contributed by atoms with Gasteiger partial charge in [-0.2, -0.15) is 0 Å². The third-order valence-electron chi connectivity index (χ3n) is 4.10. The number of thioether (sulfide) groups is 1. The summed E-state index contributed by atoms with van der Waals surface area (Å²) in [6.07, 6.45) is 0.00816. The fourth-order valence-corrected chi connectivity index (χ4v) is 3.79. The molecule has 0 aliphatic rings. The number of ether oxygens (including phenoxy) is 1. The van der Waals surface area contributed by atoms with Crippen molar-refractivity contribution in [2.45, 2.75) is 23.9 Å². The largest absolute Gasteiger partial charge is 0.497 e. The minimum absolute atomic E-state index is 0.00816. The summed E-state index contributed by atoms with van der Waals surface area (Å²) in [5, 5.41) is 4.22. The molecule has 0 spiro atoms. The number of carbonyl (C=O) groups is 1. The number of nitrogens with zero attached hydrogens (tertiary/aromatic N) is 1. The number of hydrogen-bond donors (Lipinski definition) is 2. The van der Waals surface area contributed by atoms with E-state index in [0.29, 0.717) is 33.2 Å². The van der Waals surface area contributed by atoms with Crippen molar-refractivity contribution in [1.82, 2.24) is 15.3 Å². The molecule has 1 aromatic heterocycles. The second kappa shape index (κ2) is 10.5. The van der Waals surface area contributed by atoms with Crippen molar-refractivity contribution < 1.29 is 9.53 Å². The molecule has 3 rings (SSSR count). The highest BCUT2D eigenvalue weighted by atomic mass is 35.5. The number of aromatic amines is 1. The quantitative estimate of drug-likeness (QED) is 0.385. The Balaban J connectivity index is 1.59. The zero-order chi connectivity index (χ0) is 21.5. The van der Waals surface area contributed by atoms with Crippen LogP contribution in [0.15, 0.2) is 58.5 Å². The highest BCUT2D eigenvalue weighted by Gasteiger charge is 2.09. The second-order valence-corrected chi connectivity index (χ2v) is 8.16. The first-order chi connectivity index (χ1) is 14.4. The molecular weight excluding hydrogens is 445 g/mol. The highest BCUT2D eigenvalue weighted by Crippen LogP contribution is 2.26. The molecule has 1 heterocycles. The third-order valence-corrected chi connectivity index (χ3v) is 5.78. The van der Waals surface area contributed by atoms with Gasteiger partial charge in [0.15, 0.2) is 5.16 Å². The summed E-state index contributed by atoms with van der Waals surface area (Å²) in [4.78, 5) is 31.3. The topological polar surface area (TPSA) is 84.1 Å². The number of H-pyrrole nitrogens is 1. The van der Waals surface area contributed by atoms with Crippen LogP contribution in [-0.2, 0) is 23.5 Å². The molecule has 0 saturated carbocycles. The molecule has 0 aliphatic carbocycles. The van der Waals surface area contributed by atoms with Gasteiger partial charge in [0.2, 0.25) is 5.91 Å². The number of methoxy groups -OCH3 is 1. The van der Waals surface area contributed by atoms with Crippen molar-refractivity contribution in [3.05, 3.63) is 85.8 Å². The molecule has 0 radical (unpaired) electrons. The van der Waals surface area contributed by atoms with Crippen molar-refractivity contribution in [3.8, 4) is 5.75 Å². The van der Waals surface area contributed by atoms with Crippen LogP contribution in [0.2, 0.25) is 10.0 Å². The highest BCUT2D eigenvalue weighted by molar-refractivity contribution is 7.98. The summed E-state index contributed by atoms with van der Waals surface area (Å²) in [6, 6.07) is 14.1. The van der Waals surface area contributed by atoms with E-state index in [1.165, 1.54) is 17.8 Å². The molecule has 0 unspecified atom stereocenters. The molecule has 0 atom stereocenters. The van der Waals surface area contributed by atoms with Gasteiger partial charge >= 0.3 is 0 Å². The Kier molecular flexibility index (Phi) is 7.79. The van der Waals surface area contributed by atoms with Crippen molar-refractivity contribution in [1.29, 1.82) is 0 Å². The van der Waals surface area contributed by atoms with E-state index < -0.39 is 0 Å². The van der Waals surface area contributed by atoms with Crippen LogP contribution in [0.4, 0.5) is 0 Å². The van der Waals surface area contributed by atoms with E-state index in [-0.39, 0.29) is 17.9 Å². The van der Waals surface area contributed by atoms with Crippen molar-refractivity contribution in [2.75, 3.05) is 7.11 Å². The Bertz CT molecular complexity index is 1100. The maximum absolute atomic E-state index is 12.3. The fraction of sp³-hybridized carbons (Fsp3) is 0.190. The lowest BCUT2D eigenvalue weighted by molar-refractivity contribution is -0.120. The van der Waals surface area contributed by atoms with E-state index in [0.717, 1.165) is 16.9 Å². The maximum Gasteiger partial charge on any atom is 0.251 e. The first-order valence-electron chi connectivity index (χ1n) is 8.99. The molecule has 1 amide bonds. The molecule has 0 aliphatic heterocycles. The first-order valence-corrected chi connectivity index (χ1v) is 10.7. The monoisotopic (exact) mass is 463 g/mol. The van der Waals surface area contributed by atoms with E-state index in [2.05, 4.69) is 15.3 Å². The molecule has 6 nitrogen and oxygen atoms in total. The average Bonchev–Trinajstić information content (AvgIpc) is 2.73. The molecule has 156 valence electrons. The molecule has 3 aromatic rings. The molecular formula is C21H19Cl2N3O3S. The van der Waals surface area contributed by atoms with Gasteiger partial charge in [-0.1, -0.05) is 53.2 Å². The van der Waals surface area contributed by atoms with E-state index in [4.69, 9.17) is 27.9 Å². The number of rotatable bonds is 8. The predicted octanol–water partition coefficient (Wildman–Crippen LogP) is 4.24. The molecule has 2 aromatic carbocycles. The van der Waals surface area contributed by atoms with Crippen LogP contribution in [0.25, 0.3) is 0 Å². The van der Waals surface area contributed by atoms with Crippen LogP contribution in [0, 0.1) is 0 Å². The summed E-state index contributed by atoms with van der Waals surface area (Å²) in [7, 11) is 1.59. The number of amides is 1. The van der Waals surface area contributed by atoms with E-state index in [9.17, 15) is 9.59 Å². The lowest BCUT2D eigenvalue weighted by Crippen LogP contribution is -2.25. The lowest BCUT2D eigenvalue weighted by Gasteiger charge is -2.08. The summed E-state index contributed by atoms with van der Waals surface area (Å²) >= 11 is 13.3. The molecule has 0 saturated heterocycles. The van der Waals surface area contributed by atoms with E-state index in [1.807, 2.05) is 30.3 Å². The van der Waals surface area contributed by atoms with Crippen LogP contribution in [0.1, 0.15) is 16.8 Å². The summed E-state index contributed by atoms with van der Waals surface area (Å²) in [5.74, 6) is 1.05. The molecule has 2 N–H and O–H groups in total. The summed E-state index contributed by atoms with van der Waals surface area (Å²) in [6.45, 7) is 0.359. The van der Waals surface area contributed by atoms with Crippen molar-refractivity contribution >= 4 is 40.9 Å². The minimum atomic E-state index is -0.308.